The molecule has 1 fully saturated rings. The molecule has 0 aromatic rings. The largest absolute Gasteiger partial charge is 0.478 e. The number of amides is 1. The fourth-order valence-electron chi connectivity index (χ4n) is 3.25. The second-order valence-corrected chi connectivity index (χ2v) is 13.2. The molecule has 210 valence electrons. The van der Waals surface area contributed by atoms with Crippen molar-refractivity contribution in [3.05, 3.63) is 0 Å². The van der Waals surface area contributed by atoms with E-state index in [-0.39, 0.29) is 18.5 Å². The first-order valence-corrected chi connectivity index (χ1v) is 13.8. The summed E-state index contributed by atoms with van der Waals surface area (Å²) in [5, 5.41) is 0. The Morgan fingerprint density at radius 1 is 0.889 bits per heavy atom. The first kappa shape index (κ1) is 32.6. The number of nitrogens with zero attached hydrogens (tertiary/aromatic N) is 1. The molecule has 0 unspecified atom stereocenters. The number of hydrogen-bond donors (Lipinski definition) is 0. The SMILES string of the molecule is CC(C)(C)OC(=O)CN(C[C@H]1CC[C@H]1C(=O)OCCl)C(=O)OCOP(=O)(OC(C)(C)C)OC(C)(C)C. The lowest BCUT2D eigenvalue weighted by molar-refractivity contribution is -0.156. The van der Waals surface area contributed by atoms with Crippen LogP contribution in [0.3, 0.4) is 0 Å². The van der Waals surface area contributed by atoms with Gasteiger partial charge in [-0.15, -0.1) is 0 Å². The highest BCUT2D eigenvalue weighted by atomic mass is 35.5. The molecule has 11 nitrogen and oxygen atoms in total. The molecule has 0 bridgehead atoms. The van der Waals surface area contributed by atoms with Crippen LogP contribution in [0.1, 0.15) is 75.2 Å². The molecule has 1 aliphatic carbocycles. The van der Waals surface area contributed by atoms with Gasteiger partial charge >= 0.3 is 25.9 Å². The van der Waals surface area contributed by atoms with Crippen molar-refractivity contribution in [2.24, 2.45) is 11.8 Å². The van der Waals surface area contributed by atoms with Gasteiger partial charge < -0.3 is 14.2 Å². The highest BCUT2D eigenvalue weighted by molar-refractivity contribution is 7.48. The third-order valence-corrected chi connectivity index (χ3v) is 6.61. The molecule has 0 radical (unpaired) electrons. The number of ether oxygens (including phenoxy) is 3. The van der Waals surface area contributed by atoms with E-state index >= 15 is 0 Å². The second kappa shape index (κ2) is 12.9. The van der Waals surface area contributed by atoms with Crippen molar-refractivity contribution in [2.45, 2.75) is 92.0 Å². The number of alkyl halides is 1. The van der Waals surface area contributed by atoms with Crippen molar-refractivity contribution < 1.29 is 46.7 Å². The number of carbonyl (C=O) groups excluding carboxylic acids is 3. The van der Waals surface area contributed by atoms with E-state index in [0.29, 0.717) is 12.8 Å². The van der Waals surface area contributed by atoms with Gasteiger partial charge in [-0.3, -0.25) is 23.5 Å². The molecule has 2 atom stereocenters. The minimum atomic E-state index is -4.12. The van der Waals surface area contributed by atoms with Crippen LogP contribution in [0, 0.1) is 11.8 Å². The van der Waals surface area contributed by atoms with Crippen LogP contribution in [0.5, 0.6) is 0 Å². The minimum Gasteiger partial charge on any atom is -0.459 e. The summed E-state index contributed by atoms with van der Waals surface area (Å²) >= 11 is 5.48. The summed E-state index contributed by atoms with van der Waals surface area (Å²) in [6.07, 6.45) is 0.302. The Morgan fingerprint density at radius 3 is 1.86 bits per heavy atom. The molecule has 1 amide bonds. The summed E-state index contributed by atoms with van der Waals surface area (Å²) in [5.74, 6) is -1.82. The first-order chi connectivity index (χ1) is 16.2. The summed E-state index contributed by atoms with van der Waals surface area (Å²) < 4.78 is 44.7. The Bertz CT molecular complexity index is 795. The lowest BCUT2D eigenvalue weighted by Gasteiger charge is -2.37. The summed E-state index contributed by atoms with van der Waals surface area (Å²) in [6.45, 7) is 14.0. The summed E-state index contributed by atoms with van der Waals surface area (Å²) in [5.41, 5.74) is -2.50. The Labute approximate surface area is 219 Å². The molecule has 1 saturated carbocycles. The molecule has 0 spiro atoms. The van der Waals surface area contributed by atoms with Gasteiger partial charge in [-0.05, 0) is 81.1 Å². The van der Waals surface area contributed by atoms with Gasteiger partial charge in [-0.2, -0.15) is 0 Å². The lowest BCUT2D eigenvalue weighted by atomic mass is 9.73. The van der Waals surface area contributed by atoms with Gasteiger partial charge in [0.15, 0.2) is 6.07 Å². The molecule has 1 rings (SSSR count). The zero-order valence-electron chi connectivity index (χ0n) is 22.8. The van der Waals surface area contributed by atoms with Gasteiger partial charge in [0.1, 0.15) is 12.1 Å². The second-order valence-electron chi connectivity index (χ2n) is 11.5. The average Bonchev–Trinajstić information content (AvgIpc) is 2.59. The minimum absolute atomic E-state index is 0.0365. The van der Waals surface area contributed by atoms with Gasteiger partial charge in [0.2, 0.25) is 6.79 Å². The van der Waals surface area contributed by atoms with E-state index in [1.165, 1.54) is 0 Å². The maximum atomic E-state index is 13.1. The number of rotatable bonds is 11. The monoisotopic (exact) mass is 557 g/mol. The van der Waals surface area contributed by atoms with E-state index in [1.54, 1.807) is 62.3 Å². The van der Waals surface area contributed by atoms with E-state index in [1.807, 2.05) is 0 Å². The standard InChI is InChI=1S/C23H41ClNO10P/c1-21(2,3)33-18(26)13-25(12-16-10-11-17(16)19(27)30-14-24)20(28)31-15-32-36(29,34-22(4,5)6)35-23(7,8)9/h16-17H,10-15H2,1-9H3/t16-,17-/m1/s1. The van der Waals surface area contributed by atoms with Crippen LogP contribution in [-0.2, 0) is 41.9 Å². The van der Waals surface area contributed by atoms with Crippen LogP contribution in [0.4, 0.5) is 4.79 Å². The topological polar surface area (TPSA) is 127 Å². The zero-order chi connectivity index (χ0) is 27.9. The molecule has 0 heterocycles. The van der Waals surface area contributed by atoms with E-state index in [4.69, 9.17) is 39.4 Å². The molecule has 13 heteroatoms. The Morgan fingerprint density at radius 2 is 1.44 bits per heavy atom. The Hall–Kier alpha value is -1.39. The van der Waals surface area contributed by atoms with Gasteiger partial charge in [-0.25, -0.2) is 13.9 Å². The summed E-state index contributed by atoms with van der Waals surface area (Å²) in [7, 11) is -4.12. The Balaban J connectivity index is 2.91. The number of hydrogen-bond acceptors (Lipinski definition) is 10. The molecule has 0 aromatic carbocycles. The van der Waals surface area contributed by atoms with Crippen molar-refractivity contribution in [2.75, 3.05) is 25.9 Å². The maximum absolute atomic E-state index is 13.1. The van der Waals surface area contributed by atoms with Crippen molar-refractivity contribution in [3.63, 3.8) is 0 Å². The third-order valence-electron chi connectivity index (χ3n) is 4.53. The highest BCUT2D eigenvalue weighted by Gasteiger charge is 2.41. The van der Waals surface area contributed by atoms with Crippen LogP contribution in [0.15, 0.2) is 0 Å². The molecule has 36 heavy (non-hydrogen) atoms. The van der Waals surface area contributed by atoms with Crippen LogP contribution in [0.25, 0.3) is 0 Å². The van der Waals surface area contributed by atoms with Crippen molar-refractivity contribution >= 4 is 37.5 Å². The van der Waals surface area contributed by atoms with Crippen molar-refractivity contribution in [3.8, 4) is 0 Å². The quantitative estimate of drug-likeness (QED) is 0.109. The first-order valence-electron chi connectivity index (χ1n) is 11.8. The fourth-order valence-corrected chi connectivity index (χ4v) is 5.02. The van der Waals surface area contributed by atoms with Gasteiger partial charge in [0, 0.05) is 6.54 Å². The number of phosphoric acid groups is 1. The Kier molecular flexibility index (Phi) is 11.7. The fraction of sp³-hybridized carbons (Fsp3) is 0.870. The van der Waals surface area contributed by atoms with Crippen molar-refractivity contribution in [1.29, 1.82) is 0 Å². The predicted octanol–water partition coefficient (Wildman–Crippen LogP) is 5.24. The predicted molar refractivity (Wildman–Crippen MR) is 132 cm³/mol. The third kappa shape index (κ3) is 12.7. The van der Waals surface area contributed by atoms with E-state index in [9.17, 15) is 18.9 Å². The normalized spacial score (nSPS) is 18.7. The molecule has 0 N–H and O–H groups in total. The number of carbonyl (C=O) groups is 3. The van der Waals surface area contributed by atoms with Crippen LogP contribution < -0.4 is 0 Å². The molecule has 0 aromatic heterocycles. The summed E-state index contributed by atoms with van der Waals surface area (Å²) in [4.78, 5) is 38.5. The molecular weight excluding hydrogens is 517 g/mol. The number of esters is 2. The average molecular weight is 558 g/mol. The van der Waals surface area contributed by atoms with E-state index in [2.05, 4.69) is 0 Å². The van der Waals surface area contributed by atoms with Crippen LogP contribution in [0.2, 0.25) is 0 Å². The zero-order valence-corrected chi connectivity index (χ0v) is 24.4. The van der Waals surface area contributed by atoms with Gasteiger partial charge in [0.25, 0.3) is 0 Å². The smallest absolute Gasteiger partial charge is 0.459 e. The van der Waals surface area contributed by atoms with Crippen molar-refractivity contribution in [1.82, 2.24) is 4.90 Å². The highest BCUT2D eigenvalue weighted by Crippen LogP contribution is 2.55. The van der Waals surface area contributed by atoms with Crippen LogP contribution in [-0.4, -0.2) is 65.7 Å². The summed E-state index contributed by atoms with van der Waals surface area (Å²) in [6, 6.07) is -0.267. The van der Waals surface area contributed by atoms with Crippen LogP contribution >= 0.6 is 19.4 Å². The number of halogens is 1. The van der Waals surface area contributed by atoms with E-state index < -0.39 is 61.9 Å². The molecular formula is C23H41ClNO10P. The molecule has 1 aliphatic rings. The maximum Gasteiger partial charge on any atom is 0.478 e. The van der Waals surface area contributed by atoms with E-state index in [0.717, 1.165) is 4.90 Å². The lowest BCUT2D eigenvalue weighted by Crippen LogP contribution is -2.47. The van der Waals surface area contributed by atoms with Gasteiger partial charge in [0.05, 0.1) is 17.1 Å². The molecule has 0 aliphatic heterocycles. The number of phosphoric ester groups is 1. The van der Waals surface area contributed by atoms with Gasteiger partial charge in [-0.1, -0.05) is 11.6 Å². The molecule has 0 saturated heterocycles.